The third kappa shape index (κ3) is 2.62. The monoisotopic (exact) mass is 223 g/mol. The van der Waals surface area contributed by atoms with E-state index >= 15 is 0 Å². The third-order valence-electron chi connectivity index (χ3n) is 1.90. The van der Waals surface area contributed by atoms with E-state index in [9.17, 15) is 13.2 Å². The molecule has 78 valence electrons. The van der Waals surface area contributed by atoms with E-state index in [4.69, 9.17) is 17.3 Å². The predicted octanol–water partition coefficient (Wildman–Crippen LogP) is 2.94. The largest absolute Gasteiger partial charge is 0.396 e. The molecule has 0 spiro atoms. The average molecular weight is 224 g/mol. The summed E-state index contributed by atoms with van der Waals surface area (Å²) in [5.41, 5.74) is 5.22. The van der Waals surface area contributed by atoms with Crippen molar-refractivity contribution < 1.29 is 13.2 Å². The molecule has 1 aromatic carbocycles. The fourth-order valence-corrected chi connectivity index (χ4v) is 1.28. The van der Waals surface area contributed by atoms with Gasteiger partial charge in [-0.25, -0.2) is 0 Å². The first kappa shape index (κ1) is 11.3. The first-order valence-corrected chi connectivity index (χ1v) is 4.35. The van der Waals surface area contributed by atoms with Crippen molar-refractivity contribution in [1.82, 2.24) is 0 Å². The molecule has 0 aliphatic carbocycles. The molecule has 1 rings (SSSR count). The summed E-state index contributed by atoms with van der Waals surface area (Å²) in [6, 6.07) is 5.53. The van der Waals surface area contributed by atoms with E-state index in [1.165, 1.54) is 24.3 Å². The zero-order valence-electron chi connectivity index (χ0n) is 7.18. The Morgan fingerprint density at radius 3 is 2.07 bits per heavy atom. The molecule has 0 aromatic heterocycles. The van der Waals surface area contributed by atoms with E-state index < -0.39 is 18.6 Å². The van der Waals surface area contributed by atoms with Gasteiger partial charge in [-0.2, -0.15) is 13.2 Å². The van der Waals surface area contributed by atoms with Gasteiger partial charge in [0.15, 0.2) is 0 Å². The maximum Gasteiger partial charge on any atom is 0.396 e. The molecule has 0 saturated carbocycles. The molecule has 1 atom stereocenters. The molecule has 2 N–H and O–H groups in total. The second-order valence-electron chi connectivity index (χ2n) is 2.88. The molecule has 1 aromatic rings. The molecule has 14 heavy (non-hydrogen) atoms. The highest BCUT2D eigenvalue weighted by atomic mass is 35.5. The van der Waals surface area contributed by atoms with E-state index in [0.29, 0.717) is 5.02 Å². The highest BCUT2D eigenvalue weighted by molar-refractivity contribution is 6.30. The van der Waals surface area contributed by atoms with Gasteiger partial charge in [-0.05, 0) is 17.7 Å². The first-order valence-electron chi connectivity index (χ1n) is 3.97. The van der Waals surface area contributed by atoms with Crippen molar-refractivity contribution in [1.29, 1.82) is 0 Å². The van der Waals surface area contributed by atoms with Gasteiger partial charge in [-0.1, -0.05) is 23.7 Å². The molecule has 0 amide bonds. The van der Waals surface area contributed by atoms with Crippen LogP contribution in [0.4, 0.5) is 13.2 Å². The Hall–Kier alpha value is -0.740. The first-order chi connectivity index (χ1) is 6.45. The Balaban J connectivity index is 2.96. The number of halogens is 4. The van der Waals surface area contributed by atoms with Gasteiger partial charge in [0.05, 0.1) is 5.92 Å². The van der Waals surface area contributed by atoms with Gasteiger partial charge >= 0.3 is 6.18 Å². The minimum atomic E-state index is -4.30. The van der Waals surface area contributed by atoms with Crippen LogP contribution in [0, 0.1) is 0 Å². The number of rotatable bonds is 2. The smallest absolute Gasteiger partial charge is 0.330 e. The molecular formula is C9H9ClF3N. The van der Waals surface area contributed by atoms with Gasteiger partial charge in [0, 0.05) is 11.6 Å². The zero-order valence-corrected chi connectivity index (χ0v) is 7.94. The topological polar surface area (TPSA) is 26.0 Å². The SMILES string of the molecule is NC[C@@H](c1ccc(Cl)cc1)C(F)(F)F. The third-order valence-corrected chi connectivity index (χ3v) is 2.16. The lowest BCUT2D eigenvalue weighted by molar-refractivity contribution is -0.148. The minimum Gasteiger partial charge on any atom is -0.330 e. The van der Waals surface area contributed by atoms with Crippen molar-refractivity contribution in [2.24, 2.45) is 5.73 Å². The lowest BCUT2D eigenvalue weighted by atomic mass is 9.99. The second-order valence-corrected chi connectivity index (χ2v) is 3.32. The maximum absolute atomic E-state index is 12.4. The molecule has 0 fully saturated rings. The van der Waals surface area contributed by atoms with Crippen molar-refractivity contribution in [3.8, 4) is 0 Å². The Labute approximate surface area is 84.7 Å². The predicted molar refractivity (Wildman–Crippen MR) is 49.3 cm³/mol. The van der Waals surface area contributed by atoms with Gasteiger partial charge in [0.1, 0.15) is 0 Å². The highest BCUT2D eigenvalue weighted by Crippen LogP contribution is 2.34. The van der Waals surface area contributed by atoms with Crippen LogP contribution in [-0.4, -0.2) is 12.7 Å². The van der Waals surface area contributed by atoms with Gasteiger partial charge < -0.3 is 5.73 Å². The summed E-state index contributed by atoms with van der Waals surface area (Å²) in [5, 5.41) is 0.409. The molecule has 0 heterocycles. The van der Waals surface area contributed by atoms with Crippen LogP contribution in [0.2, 0.25) is 5.02 Å². The molecule has 0 aliphatic rings. The van der Waals surface area contributed by atoms with Crippen LogP contribution in [0.1, 0.15) is 11.5 Å². The van der Waals surface area contributed by atoms with E-state index in [-0.39, 0.29) is 5.56 Å². The van der Waals surface area contributed by atoms with Crippen molar-refractivity contribution in [3.63, 3.8) is 0 Å². The fraction of sp³-hybridized carbons (Fsp3) is 0.333. The second kappa shape index (κ2) is 4.19. The number of alkyl halides is 3. The molecule has 1 nitrogen and oxygen atoms in total. The van der Waals surface area contributed by atoms with Crippen molar-refractivity contribution in [2.75, 3.05) is 6.54 Å². The molecular weight excluding hydrogens is 215 g/mol. The fourth-order valence-electron chi connectivity index (χ4n) is 1.15. The molecule has 5 heteroatoms. The van der Waals surface area contributed by atoms with E-state index in [2.05, 4.69) is 0 Å². The van der Waals surface area contributed by atoms with Gasteiger partial charge in [0.2, 0.25) is 0 Å². The molecule has 0 bridgehead atoms. The van der Waals surface area contributed by atoms with E-state index in [1.54, 1.807) is 0 Å². The molecule has 0 saturated heterocycles. The van der Waals surface area contributed by atoms with Crippen LogP contribution in [-0.2, 0) is 0 Å². The Kier molecular flexibility index (Phi) is 3.39. The van der Waals surface area contributed by atoms with Crippen LogP contribution in [0.15, 0.2) is 24.3 Å². The lowest BCUT2D eigenvalue weighted by Gasteiger charge is -2.18. The van der Waals surface area contributed by atoms with E-state index in [0.717, 1.165) is 0 Å². The van der Waals surface area contributed by atoms with Crippen LogP contribution >= 0.6 is 11.6 Å². The molecule has 0 radical (unpaired) electrons. The van der Waals surface area contributed by atoms with Crippen LogP contribution in [0.25, 0.3) is 0 Å². The average Bonchev–Trinajstić information content (AvgIpc) is 2.07. The summed E-state index contributed by atoms with van der Waals surface area (Å²) in [5.74, 6) is -1.61. The van der Waals surface area contributed by atoms with Crippen LogP contribution in [0.3, 0.4) is 0 Å². The summed E-state index contributed by atoms with van der Waals surface area (Å²) >= 11 is 5.56. The van der Waals surface area contributed by atoms with Gasteiger partial charge in [-0.3, -0.25) is 0 Å². The normalized spacial score (nSPS) is 14.1. The van der Waals surface area contributed by atoms with E-state index in [1.807, 2.05) is 0 Å². The van der Waals surface area contributed by atoms with Crippen LogP contribution < -0.4 is 5.73 Å². The van der Waals surface area contributed by atoms with Crippen molar-refractivity contribution in [2.45, 2.75) is 12.1 Å². The number of hydrogen-bond donors (Lipinski definition) is 1. The Morgan fingerprint density at radius 2 is 1.71 bits per heavy atom. The quantitative estimate of drug-likeness (QED) is 0.820. The van der Waals surface area contributed by atoms with Crippen LogP contribution in [0.5, 0.6) is 0 Å². The lowest BCUT2D eigenvalue weighted by Crippen LogP contribution is -2.27. The molecule has 0 unspecified atom stereocenters. The summed E-state index contributed by atoms with van der Waals surface area (Å²) in [6.45, 7) is -0.453. The number of nitrogens with two attached hydrogens (primary N) is 1. The van der Waals surface area contributed by atoms with Gasteiger partial charge in [0.25, 0.3) is 0 Å². The van der Waals surface area contributed by atoms with Crippen molar-refractivity contribution >= 4 is 11.6 Å². The number of hydrogen-bond acceptors (Lipinski definition) is 1. The standard InChI is InChI=1S/C9H9ClF3N/c10-7-3-1-6(2-4-7)8(5-14)9(11,12)13/h1-4,8H,5,14H2/t8-/m0/s1. The minimum absolute atomic E-state index is 0.143. The summed E-state index contributed by atoms with van der Waals surface area (Å²) in [6.07, 6.45) is -4.30. The summed E-state index contributed by atoms with van der Waals surface area (Å²) < 4.78 is 37.2. The number of benzene rings is 1. The maximum atomic E-state index is 12.4. The Bertz CT molecular complexity index is 294. The van der Waals surface area contributed by atoms with Gasteiger partial charge in [-0.15, -0.1) is 0 Å². The summed E-state index contributed by atoms with van der Waals surface area (Å²) in [7, 11) is 0. The molecule has 0 aliphatic heterocycles. The highest BCUT2D eigenvalue weighted by Gasteiger charge is 2.39. The Morgan fingerprint density at radius 1 is 1.21 bits per heavy atom. The zero-order chi connectivity index (χ0) is 10.8. The summed E-state index contributed by atoms with van der Waals surface area (Å²) in [4.78, 5) is 0. The van der Waals surface area contributed by atoms with Crippen molar-refractivity contribution in [3.05, 3.63) is 34.9 Å².